The Labute approximate surface area is 103 Å². The first kappa shape index (κ1) is 12.6. The predicted molar refractivity (Wildman–Crippen MR) is 67.9 cm³/mol. The lowest BCUT2D eigenvalue weighted by Crippen LogP contribution is -2.31. The molecule has 1 aromatic rings. The molecule has 1 aliphatic rings. The Balaban J connectivity index is 1.52. The number of hydrogen-bond acceptors (Lipinski definition) is 3. The van der Waals surface area contributed by atoms with Gasteiger partial charge in [-0.2, -0.15) is 0 Å². The third-order valence-corrected chi connectivity index (χ3v) is 3.26. The molecule has 1 N–H and O–H groups in total. The standard InChI is InChI=1S/C13H23N3O/c1-12(10-16-8-7-14-11-16)15-6-2-4-13-5-3-9-17-13/h7-8,11-13,15H,2-6,9-10H2,1H3. The highest BCUT2D eigenvalue weighted by Gasteiger charge is 2.14. The van der Waals surface area contributed by atoms with Gasteiger partial charge >= 0.3 is 0 Å². The molecule has 4 heteroatoms. The second-order valence-electron chi connectivity index (χ2n) is 4.89. The molecule has 2 rings (SSSR count). The van der Waals surface area contributed by atoms with E-state index in [0.717, 1.165) is 19.7 Å². The summed E-state index contributed by atoms with van der Waals surface area (Å²) in [7, 11) is 0. The molecule has 1 aromatic heterocycles. The van der Waals surface area contributed by atoms with Crippen LogP contribution in [-0.4, -0.2) is 34.8 Å². The molecule has 0 radical (unpaired) electrons. The van der Waals surface area contributed by atoms with Crippen LogP contribution in [0.15, 0.2) is 18.7 Å². The third kappa shape index (κ3) is 4.48. The minimum Gasteiger partial charge on any atom is -0.378 e. The highest BCUT2D eigenvalue weighted by Crippen LogP contribution is 2.16. The van der Waals surface area contributed by atoms with Gasteiger partial charge in [-0.15, -0.1) is 0 Å². The molecule has 1 aliphatic heterocycles. The number of ether oxygens (including phenoxy) is 1. The van der Waals surface area contributed by atoms with E-state index in [1.807, 2.05) is 18.7 Å². The van der Waals surface area contributed by atoms with Gasteiger partial charge in [-0.3, -0.25) is 0 Å². The van der Waals surface area contributed by atoms with Gasteiger partial charge in [0, 0.05) is 31.6 Å². The normalized spacial score (nSPS) is 21.8. The van der Waals surface area contributed by atoms with Crippen LogP contribution in [0.25, 0.3) is 0 Å². The monoisotopic (exact) mass is 237 g/mol. The van der Waals surface area contributed by atoms with Gasteiger partial charge in [-0.05, 0) is 39.2 Å². The Kier molecular flexibility index (Phi) is 5.01. The maximum absolute atomic E-state index is 5.61. The number of imidazole rings is 1. The zero-order valence-electron chi connectivity index (χ0n) is 10.6. The molecule has 4 nitrogen and oxygen atoms in total. The van der Waals surface area contributed by atoms with Crippen molar-refractivity contribution < 1.29 is 4.74 Å². The van der Waals surface area contributed by atoms with E-state index in [0.29, 0.717) is 12.1 Å². The number of aromatic nitrogens is 2. The molecule has 0 spiro atoms. The van der Waals surface area contributed by atoms with Gasteiger partial charge in [-0.1, -0.05) is 0 Å². The van der Waals surface area contributed by atoms with Crippen molar-refractivity contribution in [2.45, 2.75) is 51.3 Å². The smallest absolute Gasteiger partial charge is 0.0946 e. The number of rotatable bonds is 7. The van der Waals surface area contributed by atoms with Crippen molar-refractivity contribution in [1.82, 2.24) is 14.9 Å². The van der Waals surface area contributed by atoms with Gasteiger partial charge < -0.3 is 14.6 Å². The molecule has 2 atom stereocenters. The van der Waals surface area contributed by atoms with E-state index < -0.39 is 0 Å². The number of nitrogens with zero attached hydrogens (tertiary/aromatic N) is 2. The first-order valence-corrected chi connectivity index (χ1v) is 6.65. The Hall–Kier alpha value is -0.870. The van der Waals surface area contributed by atoms with Crippen molar-refractivity contribution in [1.29, 1.82) is 0 Å². The second kappa shape index (κ2) is 6.77. The molecule has 2 heterocycles. The van der Waals surface area contributed by atoms with E-state index in [-0.39, 0.29) is 0 Å². The summed E-state index contributed by atoms with van der Waals surface area (Å²) in [6, 6.07) is 0.494. The van der Waals surface area contributed by atoms with Crippen LogP contribution in [-0.2, 0) is 11.3 Å². The molecule has 0 saturated carbocycles. The molecule has 0 bridgehead atoms. The summed E-state index contributed by atoms with van der Waals surface area (Å²) in [5, 5.41) is 3.54. The van der Waals surface area contributed by atoms with Crippen LogP contribution in [0.3, 0.4) is 0 Å². The van der Waals surface area contributed by atoms with Crippen molar-refractivity contribution in [2.75, 3.05) is 13.2 Å². The first-order chi connectivity index (χ1) is 8.34. The summed E-state index contributed by atoms with van der Waals surface area (Å²) in [5.41, 5.74) is 0. The fraction of sp³-hybridized carbons (Fsp3) is 0.769. The molecule has 17 heavy (non-hydrogen) atoms. The lowest BCUT2D eigenvalue weighted by molar-refractivity contribution is 0.102. The van der Waals surface area contributed by atoms with Gasteiger partial charge in [0.15, 0.2) is 0 Å². The minimum absolute atomic E-state index is 0.494. The number of nitrogens with one attached hydrogen (secondary N) is 1. The van der Waals surface area contributed by atoms with Gasteiger partial charge in [0.2, 0.25) is 0 Å². The van der Waals surface area contributed by atoms with Crippen LogP contribution in [0.4, 0.5) is 0 Å². The zero-order chi connectivity index (χ0) is 11.9. The van der Waals surface area contributed by atoms with Crippen LogP contribution >= 0.6 is 0 Å². The van der Waals surface area contributed by atoms with Crippen molar-refractivity contribution in [3.63, 3.8) is 0 Å². The maximum atomic E-state index is 5.61. The van der Waals surface area contributed by atoms with Crippen molar-refractivity contribution in [2.24, 2.45) is 0 Å². The lowest BCUT2D eigenvalue weighted by Gasteiger charge is -2.15. The quantitative estimate of drug-likeness (QED) is 0.735. The zero-order valence-corrected chi connectivity index (χ0v) is 10.6. The Morgan fingerprint density at radius 3 is 3.24 bits per heavy atom. The van der Waals surface area contributed by atoms with Gasteiger partial charge in [-0.25, -0.2) is 4.98 Å². The Bertz CT molecular complexity index is 294. The van der Waals surface area contributed by atoms with E-state index in [1.54, 1.807) is 0 Å². The summed E-state index contributed by atoms with van der Waals surface area (Å²) in [4.78, 5) is 4.04. The largest absolute Gasteiger partial charge is 0.378 e. The maximum Gasteiger partial charge on any atom is 0.0946 e. The summed E-state index contributed by atoms with van der Waals surface area (Å²) < 4.78 is 7.71. The topological polar surface area (TPSA) is 39.1 Å². The van der Waals surface area contributed by atoms with Crippen LogP contribution in [0.2, 0.25) is 0 Å². The average molecular weight is 237 g/mol. The summed E-state index contributed by atoms with van der Waals surface area (Å²) >= 11 is 0. The fourth-order valence-electron chi connectivity index (χ4n) is 2.33. The molecule has 0 aliphatic carbocycles. The highest BCUT2D eigenvalue weighted by atomic mass is 16.5. The van der Waals surface area contributed by atoms with Crippen molar-refractivity contribution in [3.8, 4) is 0 Å². The van der Waals surface area contributed by atoms with Crippen molar-refractivity contribution in [3.05, 3.63) is 18.7 Å². The van der Waals surface area contributed by atoms with Crippen LogP contribution in [0.5, 0.6) is 0 Å². The highest BCUT2D eigenvalue weighted by molar-refractivity contribution is 4.76. The average Bonchev–Trinajstić information content (AvgIpc) is 2.96. The van der Waals surface area contributed by atoms with E-state index in [1.165, 1.54) is 25.7 Å². The van der Waals surface area contributed by atoms with Gasteiger partial charge in [0.1, 0.15) is 0 Å². The summed E-state index contributed by atoms with van der Waals surface area (Å²) in [6.07, 6.45) is 11.1. The SMILES string of the molecule is CC(Cn1ccnc1)NCCCC1CCCO1. The minimum atomic E-state index is 0.494. The summed E-state index contributed by atoms with van der Waals surface area (Å²) in [5.74, 6) is 0. The molecule has 96 valence electrons. The van der Waals surface area contributed by atoms with Gasteiger partial charge in [0.25, 0.3) is 0 Å². The molecular weight excluding hydrogens is 214 g/mol. The Morgan fingerprint density at radius 2 is 2.53 bits per heavy atom. The molecule has 1 saturated heterocycles. The second-order valence-corrected chi connectivity index (χ2v) is 4.89. The van der Waals surface area contributed by atoms with E-state index in [9.17, 15) is 0 Å². The Morgan fingerprint density at radius 1 is 1.59 bits per heavy atom. The molecule has 2 unspecified atom stereocenters. The van der Waals surface area contributed by atoms with Crippen molar-refractivity contribution >= 4 is 0 Å². The predicted octanol–water partition coefficient (Wildman–Crippen LogP) is 1.82. The summed E-state index contributed by atoms with van der Waals surface area (Å²) in [6.45, 7) is 5.25. The van der Waals surface area contributed by atoms with Crippen LogP contribution < -0.4 is 5.32 Å². The number of hydrogen-bond donors (Lipinski definition) is 1. The lowest BCUT2D eigenvalue weighted by atomic mass is 10.1. The van der Waals surface area contributed by atoms with Crippen LogP contribution in [0.1, 0.15) is 32.6 Å². The van der Waals surface area contributed by atoms with E-state index in [4.69, 9.17) is 4.74 Å². The van der Waals surface area contributed by atoms with E-state index >= 15 is 0 Å². The molecule has 0 aromatic carbocycles. The first-order valence-electron chi connectivity index (χ1n) is 6.65. The fourth-order valence-corrected chi connectivity index (χ4v) is 2.33. The van der Waals surface area contributed by atoms with E-state index in [2.05, 4.69) is 21.8 Å². The molecule has 1 fully saturated rings. The third-order valence-electron chi connectivity index (χ3n) is 3.26. The molecular formula is C13H23N3O. The van der Waals surface area contributed by atoms with Crippen LogP contribution in [0, 0.1) is 0 Å². The van der Waals surface area contributed by atoms with Gasteiger partial charge in [0.05, 0.1) is 12.4 Å². The molecule has 0 amide bonds.